The minimum atomic E-state index is -1.30. The van der Waals surface area contributed by atoms with Crippen LogP contribution in [0.4, 0.5) is 9.18 Å². The normalized spacial score (nSPS) is 20.6. The molecule has 36 heavy (non-hydrogen) atoms. The molecule has 0 saturated carbocycles. The van der Waals surface area contributed by atoms with Crippen LogP contribution in [0.1, 0.15) is 47.1 Å². The third kappa shape index (κ3) is 4.12. The molecule has 4 heterocycles. The van der Waals surface area contributed by atoms with E-state index in [0.717, 1.165) is 0 Å². The second-order valence-electron chi connectivity index (χ2n) is 9.10. The molecule has 4 amide bonds. The lowest BCUT2D eigenvalue weighted by Gasteiger charge is -2.40. The monoisotopic (exact) mass is 491 g/mol. The van der Waals surface area contributed by atoms with E-state index in [0.29, 0.717) is 49.2 Å². The molecule has 9 nitrogen and oxygen atoms in total. The molecular formula is C26H26FN5O4. The predicted molar refractivity (Wildman–Crippen MR) is 126 cm³/mol. The van der Waals surface area contributed by atoms with Crippen molar-refractivity contribution in [3.05, 3.63) is 83.3 Å². The molecule has 2 fully saturated rings. The Morgan fingerprint density at radius 3 is 2.58 bits per heavy atom. The van der Waals surface area contributed by atoms with E-state index in [1.54, 1.807) is 47.6 Å². The third-order valence-electron chi connectivity index (χ3n) is 7.02. The van der Waals surface area contributed by atoms with Gasteiger partial charge in [-0.3, -0.25) is 19.5 Å². The van der Waals surface area contributed by atoms with Gasteiger partial charge in [-0.15, -0.1) is 0 Å². The van der Waals surface area contributed by atoms with Gasteiger partial charge in [0.15, 0.2) is 11.2 Å². The van der Waals surface area contributed by atoms with Gasteiger partial charge >= 0.3 is 6.03 Å². The summed E-state index contributed by atoms with van der Waals surface area (Å²) in [4.78, 5) is 47.0. The molecule has 1 atom stereocenters. The number of hydrogen-bond acceptors (Lipinski definition) is 6. The number of halogens is 1. The van der Waals surface area contributed by atoms with Crippen LogP contribution in [0.3, 0.4) is 0 Å². The summed E-state index contributed by atoms with van der Waals surface area (Å²) >= 11 is 0. The minimum Gasteiger partial charge on any atom is -0.361 e. The average molecular weight is 492 g/mol. The Morgan fingerprint density at radius 2 is 1.94 bits per heavy atom. The summed E-state index contributed by atoms with van der Waals surface area (Å²) in [7, 11) is 0. The van der Waals surface area contributed by atoms with Gasteiger partial charge < -0.3 is 14.7 Å². The molecule has 0 aliphatic carbocycles. The van der Waals surface area contributed by atoms with Gasteiger partial charge in [-0.05, 0) is 42.5 Å². The Morgan fingerprint density at radius 1 is 1.19 bits per heavy atom. The fourth-order valence-electron chi connectivity index (χ4n) is 5.07. The molecule has 1 aromatic carbocycles. The number of hydrogen-bond donors (Lipinski definition) is 1. The van der Waals surface area contributed by atoms with E-state index < -0.39 is 17.4 Å². The highest BCUT2D eigenvalue weighted by atomic mass is 19.1. The number of carbonyl (C=O) groups is 3. The molecule has 0 radical (unpaired) electrons. The minimum absolute atomic E-state index is 0.0240. The maximum absolute atomic E-state index is 13.9. The van der Waals surface area contributed by atoms with E-state index >= 15 is 0 Å². The summed E-state index contributed by atoms with van der Waals surface area (Å²) in [6, 6.07) is 10.4. The summed E-state index contributed by atoms with van der Waals surface area (Å²) in [5.41, 5.74) is 0.201. The Hall–Kier alpha value is -4.08. The summed E-state index contributed by atoms with van der Waals surface area (Å²) in [6.45, 7) is 2.75. The van der Waals surface area contributed by atoms with Crippen molar-refractivity contribution in [3.63, 3.8) is 0 Å². The largest absolute Gasteiger partial charge is 0.361 e. The second-order valence-corrected chi connectivity index (χ2v) is 9.10. The Labute approximate surface area is 207 Å². The van der Waals surface area contributed by atoms with Crippen LogP contribution in [-0.4, -0.2) is 50.9 Å². The molecule has 186 valence electrons. The van der Waals surface area contributed by atoms with Crippen molar-refractivity contribution in [2.75, 3.05) is 13.1 Å². The molecule has 2 aliphatic rings. The quantitative estimate of drug-likeness (QED) is 0.530. The molecule has 2 aromatic heterocycles. The van der Waals surface area contributed by atoms with Crippen molar-refractivity contribution >= 4 is 17.8 Å². The number of nitrogens with zero attached hydrogens (tertiary/aromatic N) is 4. The SMILES string of the molecule is CCc1cc(C(=O)N2CCC([C@@]3(c4cccnc4)NC(=O)N(Cc4ccc(F)cc4)C3=O)CC2)no1. The van der Waals surface area contributed by atoms with Crippen LogP contribution in [0.25, 0.3) is 0 Å². The Kier molecular flexibility index (Phi) is 6.26. The maximum Gasteiger partial charge on any atom is 0.325 e. The number of likely N-dealkylation sites (tertiary alicyclic amines) is 1. The number of urea groups is 1. The smallest absolute Gasteiger partial charge is 0.325 e. The van der Waals surface area contributed by atoms with Crippen molar-refractivity contribution in [1.29, 1.82) is 0 Å². The van der Waals surface area contributed by atoms with Crippen LogP contribution in [0, 0.1) is 11.7 Å². The molecule has 0 spiro atoms. The van der Waals surface area contributed by atoms with Crippen molar-refractivity contribution < 1.29 is 23.3 Å². The predicted octanol–water partition coefficient (Wildman–Crippen LogP) is 3.27. The lowest BCUT2D eigenvalue weighted by molar-refractivity contribution is -0.134. The number of carbonyl (C=O) groups excluding carboxylic acids is 3. The van der Waals surface area contributed by atoms with Crippen LogP contribution in [0.5, 0.6) is 0 Å². The van der Waals surface area contributed by atoms with Gasteiger partial charge in [0.2, 0.25) is 0 Å². The second kappa shape index (κ2) is 9.52. The number of amides is 4. The van der Waals surface area contributed by atoms with Gasteiger partial charge in [0.1, 0.15) is 11.6 Å². The van der Waals surface area contributed by atoms with Crippen LogP contribution < -0.4 is 5.32 Å². The number of piperidine rings is 1. The van der Waals surface area contributed by atoms with E-state index in [4.69, 9.17) is 4.52 Å². The number of nitrogens with one attached hydrogen (secondary N) is 1. The Balaban J connectivity index is 1.39. The van der Waals surface area contributed by atoms with Crippen molar-refractivity contribution in [2.45, 2.75) is 38.3 Å². The molecule has 3 aromatic rings. The van der Waals surface area contributed by atoms with E-state index in [-0.39, 0.29) is 30.0 Å². The highest BCUT2D eigenvalue weighted by Gasteiger charge is 2.57. The first kappa shape index (κ1) is 23.7. The van der Waals surface area contributed by atoms with Crippen molar-refractivity contribution in [3.8, 4) is 0 Å². The number of aryl methyl sites for hydroxylation is 1. The molecule has 1 N–H and O–H groups in total. The summed E-state index contributed by atoms with van der Waals surface area (Å²) in [5.74, 6) is -0.600. The summed E-state index contributed by atoms with van der Waals surface area (Å²) < 4.78 is 18.5. The molecule has 2 saturated heterocycles. The Bertz CT molecular complexity index is 1270. The number of imide groups is 1. The standard InChI is InChI=1S/C26H26FN5O4/c1-2-21-14-22(30-36-21)23(33)31-12-9-18(10-13-31)26(19-4-3-11-28-15-19)24(34)32(25(35)29-26)16-17-5-7-20(27)8-6-17/h3-8,11,14-15,18H,2,9-10,12-13,16H2,1H3,(H,29,35)/t26-/m0/s1. The lowest BCUT2D eigenvalue weighted by atomic mass is 9.73. The van der Waals surface area contributed by atoms with Gasteiger partial charge in [0, 0.05) is 43.5 Å². The van der Waals surface area contributed by atoms with Crippen molar-refractivity contribution in [1.82, 2.24) is 25.3 Å². The molecule has 5 rings (SSSR count). The molecule has 0 unspecified atom stereocenters. The summed E-state index contributed by atoms with van der Waals surface area (Å²) in [6.07, 6.45) is 4.84. The maximum atomic E-state index is 13.9. The van der Waals surface area contributed by atoms with E-state index in [9.17, 15) is 18.8 Å². The lowest BCUT2D eigenvalue weighted by Crippen LogP contribution is -2.54. The van der Waals surface area contributed by atoms with Gasteiger partial charge in [-0.2, -0.15) is 0 Å². The van der Waals surface area contributed by atoms with Crippen molar-refractivity contribution in [2.24, 2.45) is 5.92 Å². The van der Waals surface area contributed by atoms with E-state index in [1.807, 2.05) is 6.92 Å². The first-order valence-corrected chi connectivity index (χ1v) is 12.0. The molecule has 10 heteroatoms. The first-order valence-electron chi connectivity index (χ1n) is 12.0. The van der Waals surface area contributed by atoms with Crippen LogP contribution in [0.15, 0.2) is 59.4 Å². The molecule has 2 aliphatic heterocycles. The van der Waals surface area contributed by atoms with Gasteiger partial charge in [-0.1, -0.05) is 30.3 Å². The van der Waals surface area contributed by atoms with Crippen LogP contribution >= 0.6 is 0 Å². The zero-order chi connectivity index (χ0) is 25.3. The van der Waals surface area contributed by atoms with Gasteiger partial charge in [0.25, 0.3) is 11.8 Å². The fraction of sp³-hybridized carbons (Fsp3) is 0.346. The highest BCUT2D eigenvalue weighted by Crippen LogP contribution is 2.41. The fourth-order valence-corrected chi connectivity index (χ4v) is 5.07. The first-order chi connectivity index (χ1) is 17.4. The van der Waals surface area contributed by atoms with Crippen LogP contribution in [-0.2, 0) is 23.3 Å². The zero-order valence-electron chi connectivity index (χ0n) is 19.8. The number of benzene rings is 1. The topological polar surface area (TPSA) is 109 Å². The number of rotatable bonds is 6. The third-order valence-corrected chi connectivity index (χ3v) is 7.02. The summed E-state index contributed by atoms with van der Waals surface area (Å²) in [5, 5.41) is 6.85. The van der Waals surface area contributed by atoms with E-state index in [1.165, 1.54) is 17.0 Å². The molecular weight excluding hydrogens is 465 g/mol. The van der Waals surface area contributed by atoms with Gasteiger partial charge in [-0.25, -0.2) is 9.18 Å². The molecule has 0 bridgehead atoms. The van der Waals surface area contributed by atoms with E-state index in [2.05, 4.69) is 15.5 Å². The number of aromatic nitrogens is 2. The number of pyridine rings is 1. The average Bonchev–Trinajstić information content (AvgIpc) is 3.49. The highest BCUT2D eigenvalue weighted by molar-refractivity contribution is 6.07. The zero-order valence-corrected chi connectivity index (χ0v) is 19.8. The van der Waals surface area contributed by atoms with Gasteiger partial charge in [0.05, 0.1) is 6.54 Å². The van der Waals surface area contributed by atoms with Crippen LogP contribution in [0.2, 0.25) is 0 Å².